The number of aliphatic carboxylic acids is 1. The first-order valence-corrected chi connectivity index (χ1v) is 10.2. The van der Waals surface area contributed by atoms with Gasteiger partial charge in [-0.2, -0.15) is 13.2 Å². The summed E-state index contributed by atoms with van der Waals surface area (Å²) in [6, 6.07) is 8.76. The van der Waals surface area contributed by atoms with E-state index in [4.69, 9.17) is 19.6 Å². The van der Waals surface area contributed by atoms with Crippen LogP contribution in [0.3, 0.4) is 0 Å². The number of hydrogen-bond acceptors (Lipinski definition) is 6. The Labute approximate surface area is 182 Å². The maximum atomic E-state index is 13.5. The highest BCUT2D eigenvalue weighted by molar-refractivity contribution is 5.73. The first kappa shape index (κ1) is 23.9. The van der Waals surface area contributed by atoms with E-state index in [0.717, 1.165) is 36.8 Å². The minimum atomic E-state index is -5.08. The highest BCUT2D eigenvalue weighted by Gasteiger charge is 2.38. The van der Waals surface area contributed by atoms with Crippen molar-refractivity contribution in [1.82, 2.24) is 14.9 Å². The Hall–Kier alpha value is -2.79. The highest BCUT2D eigenvalue weighted by atomic mass is 19.4. The molecule has 1 aromatic heterocycles. The van der Waals surface area contributed by atoms with Crippen molar-refractivity contribution in [3.63, 3.8) is 0 Å². The number of carboxylic acid groups (broad SMARTS) is 1. The van der Waals surface area contributed by atoms with Crippen molar-refractivity contribution < 1.29 is 32.2 Å². The van der Waals surface area contributed by atoms with Gasteiger partial charge < -0.3 is 14.7 Å². The van der Waals surface area contributed by atoms with E-state index < -0.39 is 12.1 Å². The summed E-state index contributed by atoms with van der Waals surface area (Å²) in [5.41, 5.74) is 0.961. The average molecular weight is 456 g/mol. The zero-order valence-corrected chi connectivity index (χ0v) is 17.3. The maximum absolute atomic E-state index is 13.5. The SMILES string of the molecule is Fc1cccc(CN2CCOCC2c2nccc(N3CCCC3)n2)c1.O=C(O)C(F)(F)F. The smallest absolute Gasteiger partial charge is 0.475 e. The predicted molar refractivity (Wildman–Crippen MR) is 108 cm³/mol. The van der Waals surface area contributed by atoms with E-state index >= 15 is 0 Å². The highest BCUT2D eigenvalue weighted by Crippen LogP contribution is 2.26. The second kappa shape index (κ2) is 10.7. The van der Waals surface area contributed by atoms with Gasteiger partial charge in [0.05, 0.1) is 19.3 Å². The molecule has 0 bridgehead atoms. The number of benzene rings is 1. The van der Waals surface area contributed by atoms with E-state index in [0.29, 0.717) is 19.8 Å². The maximum Gasteiger partial charge on any atom is 0.490 e. The van der Waals surface area contributed by atoms with Gasteiger partial charge in [-0.05, 0) is 36.6 Å². The number of hydrogen-bond donors (Lipinski definition) is 1. The molecule has 2 saturated heterocycles. The lowest BCUT2D eigenvalue weighted by Crippen LogP contribution is -2.40. The van der Waals surface area contributed by atoms with Crippen LogP contribution in [0, 0.1) is 5.82 Å². The number of carbonyl (C=O) groups is 1. The molecule has 1 atom stereocenters. The van der Waals surface area contributed by atoms with Gasteiger partial charge in [0.2, 0.25) is 0 Å². The van der Waals surface area contributed by atoms with Crippen LogP contribution in [-0.4, -0.2) is 65.0 Å². The van der Waals surface area contributed by atoms with Crippen molar-refractivity contribution in [2.75, 3.05) is 37.7 Å². The Balaban J connectivity index is 0.000000360. The van der Waals surface area contributed by atoms with Crippen molar-refractivity contribution in [2.24, 2.45) is 0 Å². The summed E-state index contributed by atoms with van der Waals surface area (Å²) in [6.07, 6.45) is -0.805. The van der Waals surface area contributed by atoms with E-state index in [-0.39, 0.29) is 11.9 Å². The molecule has 174 valence electrons. The molecular weight excluding hydrogens is 432 g/mol. The number of anilines is 1. The molecule has 1 unspecified atom stereocenters. The minimum Gasteiger partial charge on any atom is -0.475 e. The quantitative estimate of drug-likeness (QED) is 0.707. The van der Waals surface area contributed by atoms with E-state index in [1.807, 2.05) is 18.3 Å². The van der Waals surface area contributed by atoms with Crippen LogP contribution in [0.1, 0.15) is 30.3 Å². The van der Waals surface area contributed by atoms with Gasteiger partial charge in [0.15, 0.2) is 0 Å². The zero-order valence-electron chi connectivity index (χ0n) is 17.3. The minimum absolute atomic E-state index is 0.000398. The lowest BCUT2D eigenvalue weighted by Gasteiger charge is -2.34. The number of aromatic nitrogens is 2. The third-order valence-corrected chi connectivity index (χ3v) is 5.14. The molecule has 32 heavy (non-hydrogen) atoms. The summed E-state index contributed by atoms with van der Waals surface area (Å²) < 4.78 is 50.9. The molecule has 0 saturated carbocycles. The van der Waals surface area contributed by atoms with Crippen LogP contribution in [0.5, 0.6) is 0 Å². The molecule has 1 aromatic carbocycles. The molecule has 1 N–H and O–H groups in total. The second-order valence-electron chi connectivity index (χ2n) is 7.46. The van der Waals surface area contributed by atoms with Crippen molar-refractivity contribution in [1.29, 1.82) is 0 Å². The topological polar surface area (TPSA) is 78.8 Å². The third kappa shape index (κ3) is 6.60. The Morgan fingerprint density at radius 3 is 2.56 bits per heavy atom. The number of nitrogens with zero attached hydrogens (tertiary/aromatic N) is 4. The molecule has 3 heterocycles. The van der Waals surface area contributed by atoms with Crippen molar-refractivity contribution in [3.8, 4) is 0 Å². The molecular formula is C21H24F4N4O3. The fourth-order valence-electron chi connectivity index (χ4n) is 3.58. The standard InChI is InChI=1S/C19H23FN4O.C2HF3O2/c20-16-5-3-4-15(12-16)13-24-10-11-25-14-17(24)19-21-7-6-18(22-19)23-8-1-2-9-23;3-2(4,5)1(6)7/h3-7,12,17H,1-2,8-11,13-14H2;(H,6,7). The summed E-state index contributed by atoms with van der Waals surface area (Å²) >= 11 is 0. The largest absolute Gasteiger partial charge is 0.490 e. The summed E-state index contributed by atoms with van der Waals surface area (Å²) in [5.74, 6) is -1.17. The van der Waals surface area contributed by atoms with Gasteiger partial charge in [0.25, 0.3) is 0 Å². The van der Waals surface area contributed by atoms with Gasteiger partial charge in [0, 0.05) is 32.4 Å². The number of rotatable bonds is 4. The van der Waals surface area contributed by atoms with Gasteiger partial charge in [-0.1, -0.05) is 12.1 Å². The molecule has 0 radical (unpaired) electrons. The van der Waals surface area contributed by atoms with Gasteiger partial charge in [-0.3, -0.25) is 4.90 Å². The summed E-state index contributed by atoms with van der Waals surface area (Å²) in [7, 11) is 0. The molecule has 7 nitrogen and oxygen atoms in total. The fraction of sp³-hybridized carbons (Fsp3) is 0.476. The molecule has 2 aromatic rings. The average Bonchev–Trinajstić information content (AvgIpc) is 3.29. The second-order valence-corrected chi connectivity index (χ2v) is 7.46. The predicted octanol–water partition coefficient (Wildman–Crippen LogP) is 3.42. The van der Waals surface area contributed by atoms with Crippen LogP contribution in [0.15, 0.2) is 36.5 Å². The third-order valence-electron chi connectivity index (χ3n) is 5.14. The number of alkyl halides is 3. The van der Waals surface area contributed by atoms with Crippen LogP contribution in [0.2, 0.25) is 0 Å². The van der Waals surface area contributed by atoms with Crippen LogP contribution in [0.4, 0.5) is 23.4 Å². The molecule has 2 aliphatic rings. The van der Waals surface area contributed by atoms with E-state index in [9.17, 15) is 17.6 Å². The Morgan fingerprint density at radius 1 is 1.19 bits per heavy atom. The van der Waals surface area contributed by atoms with Crippen LogP contribution in [0.25, 0.3) is 0 Å². The molecule has 2 aliphatic heterocycles. The Bertz CT molecular complexity index is 907. The van der Waals surface area contributed by atoms with Gasteiger partial charge in [-0.15, -0.1) is 0 Å². The molecule has 0 spiro atoms. The van der Waals surface area contributed by atoms with Crippen LogP contribution < -0.4 is 4.90 Å². The number of carboxylic acids is 1. The Kier molecular flexibility index (Phi) is 7.97. The van der Waals surface area contributed by atoms with Crippen molar-refractivity contribution >= 4 is 11.8 Å². The molecule has 2 fully saturated rings. The first-order chi connectivity index (χ1) is 15.2. The Morgan fingerprint density at radius 2 is 1.91 bits per heavy atom. The normalized spacial score (nSPS) is 19.4. The van der Waals surface area contributed by atoms with Gasteiger partial charge in [0.1, 0.15) is 17.5 Å². The van der Waals surface area contributed by atoms with E-state index in [1.54, 1.807) is 12.1 Å². The van der Waals surface area contributed by atoms with Crippen molar-refractivity contribution in [2.45, 2.75) is 31.6 Å². The zero-order chi connectivity index (χ0) is 23.1. The molecule has 0 amide bonds. The van der Waals surface area contributed by atoms with E-state index in [1.165, 1.54) is 18.9 Å². The monoisotopic (exact) mass is 456 g/mol. The lowest BCUT2D eigenvalue weighted by atomic mass is 10.1. The van der Waals surface area contributed by atoms with Crippen LogP contribution in [-0.2, 0) is 16.1 Å². The van der Waals surface area contributed by atoms with E-state index in [2.05, 4.69) is 14.8 Å². The fourth-order valence-corrected chi connectivity index (χ4v) is 3.58. The lowest BCUT2D eigenvalue weighted by molar-refractivity contribution is -0.192. The van der Waals surface area contributed by atoms with Crippen molar-refractivity contribution in [3.05, 3.63) is 53.7 Å². The number of halogens is 4. The number of ether oxygens (including phenoxy) is 1. The molecule has 4 rings (SSSR count). The first-order valence-electron chi connectivity index (χ1n) is 10.2. The summed E-state index contributed by atoms with van der Waals surface area (Å²) in [4.78, 5) is 22.8. The van der Waals surface area contributed by atoms with Crippen LogP contribution >= 0.6 is 0 Å². The molecule has 11 heteroatoms. The molecule has 0 aliphatic carbocycles. The summed E-state index contributed by atoms with van der Waals surface area (Å²) in [6.45, 7) is 4.83. The number of morpholine rings is 1. The van der Waals surface area contributed by atoms with Gasteiger partial charge in [-0.25, -0.2) is 19.2 Å². The summed E-state index contributed by atoms with van der Waals surface area (Å²) in [5, 5.41) is 7.12. The van der Waals surface area contributed by atoms with Gasteiger partial charge >= 0.3 is 12.1 Å².